The van der Waals surface area contributed by atoms with E-state index in [0.717, 1.165) is 0 Å². The molecule has 0 aliphatic carbocycles. The second-order valence-electron chi connectivity index (χ2n) is 2.41. The Morgan fingerprint density at radius 1 is 0.545 bits per heavy atom. The molecule has 0 aromatic rings. The Morgan fingerprint density at radius 3 is 1.00 bits per heavy atom. The van der Waals surface area contributed by atoms with Gasteiger partial charge in [0.05, 0.1) is 0 Å². The van der Waals surface area contributed by atoms with Gasteiger partial charge in [0.1, 0.15) is 0 Å². The molecule has 0 unspecified atom stereocenters. The van der Waals surface area contributed by atoms with Gasteiger partial charge < -0.3 is 0 Å². The van der Waals surface area contributed by atoms with E-state index in [0.29, 0.717) is 0 Å². The Morgan fingerprint density at radius 2 is 0.818 bits per heavy atom. The van der Waals surface area contributed by atoms with Gasteiger partial charge in [-0.3, -0.25) is 0 Å². The molecule has 0 aliphatic heterocycles. The van der Waals surface area contributed by atoms with Crippen molar-refractivity contribution in [1.29, 1.82) is 0 Å². The van der Waals surface area contributed by atoms with E-state index in [1.54, 1.807) is 0 Å². The molecular weight excluding hydrogens is 132 g/mol. The van der Waals surface area contributed by atoms with Crippen LogP contribution in [0.2, 0.25) is 0 Å². The van der Waals surface area contributed by atoms with Crippen LogP contribution in [-0.4, -0.2) is 0 Å². The molecule has 0 heteroatoms. The van der Waals surface area contributed by atoms with Gasteiger partial charge in [-0.25, -0.2) is 0 Å². The lowest BCUT2D eigenvalue weighted by molar-refractivity contribution is 0.624. The SMILES string of the molecule is C.C.C.CCCCCCCC. The van der Waals surface area contributed by atoms with Crippen LogP contribution in [0.1, 0.15) is 74.7 Å². The zero-order chi connectivity index (χ0) is 6.24. The molecule has 0 N–H and O–H groups in total. The summed E-state index contributed by atoms with van der Waals surface area (Å²) in [7, 11) is 0. The first-order valence-corrected chi connectivity index (χ1v) is 3.91. The van der Waals surface area contributed by atoms with Crippen LogP contribution in [0.4, 0.5) is 0 Å². The second kappa shape index (κ2) is 22.5. The van der Waals surface area contributed by atoms with E-state index in [9.17, 15) is 0 Å². The first kappa shape index (κ1) is 22.4. The van der Waals surface area contributed by atoms with Crippen LogP contribution in [0.25, 0.3) is 0 Å². The maximum atomic E-state index is 2.26. The zero-order valence-corrected chi connectivity index (χ0v) is 6.24. The molecular formula is C11H30. The monoisotopic (exact) mass is 162 g/mol. The molecule has 0 saturated heterocycles. The van der Waals surface area contributed by atoms with E-state index in [-0.39, 0.29) is 22.3 Å². The van der Waals surface area contributed by atoms with Crippen molar-refractivity contribution in [2.45, 2.75) is 74.7 Å². The van der Waals surface area contributed by atoms with Gasteiger partial charge in [-0.1, -0.05) is 74.7 Å². The summed E-state index contributed by atoms with van der Waals surface area (Å²) in [4.78, 5) is 0. The largest absolute Gasteiger partial charge is 0.0776 e. The van der Waals surface area contributed by atoms with Gasteiger partial charge in [-0.05, 0) is 0 Å². The van der Waals surface area contributed by atoms with E-state index in [1.165, 1.54) is 38.5 Å². The Balaban J connectivity index is -0.0000000817. The van der Waals surface area contributed by atoms with Crippen LogP contribution < -0.4 is 0 Å². The Hall–Kier alpha value is 0. The summed E-state index contributed by atoms with van der Waals surface area (Å²) >= 11 is 0. The molecule has 0 saturated carbocycles. The average Bonchev–Trinajstić information content (AvgIpc) is 1.81. The summed E-state index contributed by atoms with van der Waals surface area (Å²) in [6.07, 6.45) is 8.49. The standard InChI is InChI=1S/C8H18.3CH4/c1-3-5-7-8-6-4-2;;;/h3-8H2,1-2H3;3*1H4. The number of hydrogen-bond donors (Lipinski definition) is 0. The van der Waals surface area contributed by atoms with Gasteiger partial charge in [-0.15, -0.1) is 0 Å². The second-order valence-corrected chi connectivity index (χ2v) is 2.41. The fourth-order valence-electron chi connectivity index (χ4n) is 0.854. The topological polar surface area (TPSA) is 0 Å². The lowest BCUT2D eigenvalue weighted by atomic mass is 10.1. The third kappa shape index (κ3) is 25.6. The predicted molar refractivity (Wildman–Crippen MR) is 59.2 cm³/mol. The first-order chi connectivity index (χ1) is 3.91. The summed E-state index contributed by atoms with van der Waals surface area (Å²) < 4.78 is 0. The summed E-state index contributed by atoms with van der Waals surface area (Å²) in [5.74, 6) is 0. The van der Waals surface area contributed by atoms with Crippen LogP contribution >= 0.6 is 0 Å². The molecule has 0 aliphatic rings. The van der Waals surface area contributed by atoms with Crippen molar-refractivity contribution in [2.75, 3.05) is 0 Å². The fraction of sp³-hybridized carbons (Fsp3) is 1.00. The van der Waals surface area contributed by atoms with Gasteiger partial charge >= 0.3 is 0 Å². The van der Waals surface area contributed by atoms with Gasteiger partial charge in [0.15, 0.2) is 0 Å². The molecule has 0 spiro atoms. The van der Waals surface area contributed by atoms with Gasteiger partial charge in [-0.2, -0.15) is 0 Å². The quantitative estimate of drug-likeness (QED) is 0.483. The summed E-state index contributed by atoms with van der Waals surface area (Å²) in [6, 6.07) is 0. The van der Waals surface area contributed by atoms with E-state index >= 15 is 0 Å². The predicted octanol–water partition coefficient (Wildman–Crippen LogP) is 5.28. The number of unbranched alkanes of at least 4 members (excludes halogenated alkanes) is 5. The minimum Gasteiger partial charge on any atom is -0.0776 e. The fourth-order valence-corrected chi connectivity index (χ4v) is 0.854. The van der Waals surface area contributed by atoms with Crippen molar-refractivity contribution in [3.8, 4) is 0 Å². The molecule has 0 heterocycles. The maximum absolute atomic E-state index is 2.26. The molecule has 0 radical (unpaired) electrons. The highest BCUT2D eigenvalue weighted by Crippen LogP contribution is 2.03. The Bertz CT molecular complexity index is 25.0. The summed E-state index contributed by atoms with van der Waals surface area (Å²) in [6.45, 7) is 4.51. The zero-order valence-electron chi connectivity index (χ0n) is 6.24. The third-order valence-corrected chi connectivity index (χ3v) is 1.46. The van der Waals surface area contributed by atoms with Crippen molar-refractivity contribution in [3.63, 3.8) is 0 Å². The molecule has 0 aromatic carbocycles. The Labute approximate surface area is 75.4 Å². The van der Waals surface area contributed by atoms with Crippen LogP contribution in [0, 0.1) is 0 Å². The lowest BCUT2D eigenvalue weighted by Crippen LogP contribution is -1.73. The van der Waals surface area contributed by atoms with Gasteiger partial charge in [0, 0.05) is 0 Å². The molecule has 0 amide bonds. The number of rotatable bonds is 5. The number of hydrogen-bond acceptors (Lipinski definition) is 0. The smallest absolute Gasteiger partial charge is 0.0533 e. The Kier molecular flexibility index (Phi) is 45.9. The van der Waals surface area contributed by atoms with Crippen molar-refractivity contribution in [1.82, 2.24) is 0 Å². The maximum Gasteiger partial charge on any atom is -0.0533 e. The molecule has 0 fully saturated rings. The first-order valence-electron chi connectivity index (χ1n) is 3.91. The van der Waals surface area contributed by atoms with Crippen LogP contribution in [0.3, 0.4) is 0 Å². The van der Waals surface area contributed by atoms with Gasteiger partial charge in [0.25, 0.3) is 0 Å². The normalized spacial score (nSPS) is 7.09. The molecule has 0 bridgehead atoms. The third-order valence-electron chi connectivity index (χ3n) is 1.46. The van der Waals surface area contributed by atoms with Crippen molar-refractivity contribution in [3.05, 3.63) is 0 Å². The molecule has 0 nitrogen and oxygen atoms in total. The van der Waals surface area contributed by atoms with Crippen molar-refractivity contribution in [2.24, 2.45) is 0 Å². The lowest BCUT2D eigenvalue weighted by Gasteiger charge is -1.93. The summed E-state index contributed by atoms with van der Waals surface area (Å²) in [5.41, 5.74) is 0. The van der Waals surface area contributed by atoms with Gasteiger partial charge in [0.2, 0.25) is 0 Å². The highest BCUT2D eigenvalue weighted by atomic mass is 13.9. The minimum absolute atomic E-state index is 0. The van der Waals surface area contributed by atoms with Crippen molar-refractivity contribution < 1.29 is 0 Å². The molecule has 0 atom stereocenters. The van der Waals surface area contributed by atoms with Crippen LogP contribution in [0.5, 0.6) is 0 Å². The molecule has 0 rings (SSSR count). The van der Waals surface area contributed by atoms with Crippen molar-refractivity contribution >= 4 is 0 Å². The van der Waals surface area contributed by atoms with E-state index in [1.807, 2.05) is 0 Å². The van der Waals surface area contributed by atoms with Crippen LogP contribution in [-0.2, 0) is 0 Å². The van der Waals surface area contributed by atoms with E-state index in [4.69, 9.17) is 0 Å². The van der Waals surface area contributed by atoms with Crippen LogP contribution in [0.15, 0.2) is 0 Å². The highest BCUT2D eigenvalue weighted by Gasteiger charge is 1.83. The van der Waals surface area contributed by atoms with E-state index < -0.39 is 0 Å². The molecule has 74 valence electrons. The average molecular weight is 162 g/mol. The summed E-state index contributed by atoms with van der Waals surface area (Å²) in [5, 5.41) is 0. The van der Waals surface area contributed by atoms with E-state index in [2.05, 4.69) is 13.8 Å². The highest BCUT2D eigenvalue weighted by molar-refractivity contribution is 4.39. The minimum atomic E-state index is 0. The molecule has 11 heavy (non-hydrogen) atoms. The molecule has 0 aromatic heterocycles.